The summed E-state index contributed by atoms with van der Waals surface area (Å²) in [6, 6.07) is 11.3. The molecular formula is C16H20N4O2. The van der Waals surface area contributed by atoms with E-state index in [9.17, 15) is 10.1 Å². The number of hydrogen-bond acceptors (Lipinski definition) is 5. The van der Waals surface area contributed by atoms with Gasteiger partial charge in [-0.3, -0.25) is 10.1 Å². The summed E-state index contributed by atoms with van der Waals surface area (Å²) in [4.78, 5) is 14.5. The molecule has 0 amide bonds. The van der Waals surface area contributed by atoms with Crippen molar-refractivity contribution in [1.29, 1.82) is 0 Å². The second-order valence-electron chi connectivity index (χ2n) is 5.04. The Kier molecular flexibility index (Phi) is 5.30. The van der Waals surface area contributed by atoms with Crippen molar-refractivity contribution in [3.05, 3.63) is 57.8 Å². The van der Waals surface area contributed by atoms with Crippen LogP contribution in [-0.2, 0) is 6.54 Å². The van der Waals surface area contributed by atoms with Crippen LogP contribution in [0.15, 0.2) is 36.4 Å². The first-order valence-electron chi connectivity index (χ1n) is 7.29. The van der Waals surface area contributed by atoms with Gasteiger partial charge in [-0.1, -0.05) is 19.1 Å². The fraction of sp³-hybridized carbons (Fsp3) is 0.312. The molecule has 0 saturated carbocycles. The van der Waals surface area contributed by atoms with Crippen molar-refractivity contribution >= 4 is 17.2 Å². The molecule has 116 valence electrons. The molecule has 0 fully saturated rings. The standard InChI is InChI=1S/C16H20N4O2/c1-3-10-17-14-6-4-13(5-7-14)11-18-16-9-8-15(20(21)22)12(2)19-16/h4-9,17H,3,10-11H2,1-2H3,(H,18,19). The molecule has 0 radical (unpaired) electrons. The van der Waals surface area contributed by atoms with E-state index in [1.807, 2.05) is 24.3 Å². The lowest BCUT2D eigenvalue weighted by Gasteiger charge is -2.08. The highest BCUT2D eigenvalue weighted by Gasteiger charge is 2.11. The number of aromatic nitrogens is 1. The molecule has 6 nitrogen and oxygen atoms in total. The molecule has 1 aromatic heterocycles. The fourth-order valence-corrected chi connectivity index (χ4v) is 2.05. The second-order valence-corrected chi connectivity index (χ2v) is 5.04. The van der Waals surface area contributed by atoms with Gasteiger partial charge >= 0.3 is 0 Å². The molecule has 0 unspecified atom stereocenters. The van der Waals surface area contributed by atoms with Crippen LogP contribution in [0.3, 0.4) is 0 Å². The molecule has 0 bridgehead atoms. The van der Waals surface area contributed by atoms with Gasteiger partial charge in [0.25, 0.3) is 5.69 Å². The Morgan fingerprint density at radius 2 is 1.86 bits per heavy atom. The van der Waals surface area contributed by atoms with Crippen LogP contribution in [0.1, 0.15) is 24.6 Å². The largest absolute Gasteiger partial charge is 0.385 e. The molecule has 0 aliphatic rings. The highest BCUT2D eigenvalue weighted by atomic mass is 16.6. The normalized spacial score (nSPS) is 10.3. The summed E-state index contributed by atoms with van der Waals surface area (Å²) < 4.78 is 0. The van der Waals surface area contributed by atoms with Crippen LogP contribution in [0.25, 0.3) is 0 Å². The second kappa shape index (κ2) is 7.40. The highest BCUT2D eigenvalue weighted by Crippen LogP contribution is 2.18. The third kappa shape index (κ3) is 4.18. The maximum atomic E-state index is 10.8. The smallest absolute Gasteiger partial charge is 0.290 e. The third-order valence-corrected chi connectivity index (χ3v) is 3.26. The predicted molar refractivity (Wildman–Crippen MR) is 88.2 cm³/mol. The van der Waals surface area contributed by atoms with E-state index in [4.69, 9.17) is 0 Å². The first-order chi connectivity index (χ1) is 10.6. The minimum Gasteiger partial charge on any atom is -0.385 e. The van der Waals surface area contributed by atoms with Crippen molar-refractivity contribution in [2.45, 2.75) is 26.8 Å². The Balaban J connectivity index is 1.95. The van der Waals surface area contributed by atoms with Gasteiger partial charge in [0.05, 0.1) is 4.92 Å². The monoisotopic (exact) mass is 300 g/mol. The zero-order chi connectivity index (χ0) is 15.9. The van der Waals surface area contributed by atoms with E-state index >= 15 is 0 Å². The lowest BCUT2D eigenvalue weighted by molar-refractivity contribution is -0.385. The van der Waals surface area contributed by atoms with Gasteiger partial charge in [-0.2, -0.15) is 0 Å². The van der Waals surface area contributed by atoms with E-state index < -0.39 is 4.92 Å². The summed E-state index contributed by atoms with van der Waals surface area (Å²) in [6.45, 7) is 5.35. The van der Waals surface area contributed by atoms with Gasteiger partial charge in [0, 0.05) is 24.8 Å². The molecule has 1 aromatic carbocycles. The summed E-state index contributed by atoms with van der Waals surface area (Å²) in [7, 11) is 0. The van der Waals surface area contributed by atoms with Crippen LogP contribution in [-0.4, -0.2) is 16.5 Å². The summed E-state index contributed by atoms with van der Waals surface area (Å²) in [5, 5.41) is 17.3. The molecule has 6 heteroatoms. The minimum atomic E-state index is -0.422. The Morgan fingerprint density at radius 3 is 2.45 bits per heavy atom. The Labute approximate surface area is 129 Å². The number of anilines is 2. The zero-order valence-corrected chi connectivity index (χ0v) is 12.8. The molecule has 22 heavy (non-hydrogen) atoms. The number of nitro groups is 1. The number of nitrogens with one attached hydrogen (secondary N) is 2. The van der Waals surface area contributed by atoms with E-state index in [1.54, 1.807) is 13.0 Å². The molecule has 0 spiro atoms. The van der Waals surface area contributed by atoms with Crippen LogP contribution in [0.4, 0.5) is 17.2 Å². The summed E-state index contributed by atoms with van der Waals surface area (Å²) in [5.41, 5.74) is 2.68. The number of aryl methyl sites for hydroxylation is 1. The molecule has 1 heterocycles. The summed E-state index contributed by atoms with van der Waals surface area (Å²) >= 11 is 0. The lowest BCUT2D eigenvalue weighted by Crippen LogP contribution is -2.04. The van der Waals surface area contributed by atoms with E-state index in [1.165, 1.54) is 6.07 Å². The molecule has 0 atom stereocenters. The molecule has 0 saturated heterocycles. The van der Waals surface area contributed by atoms with Crippen LogP contribution in [0, 0.1) is 17.0 Å². The molecule has 0 aliphatic heterocycles. The number of rotatable bonds is 7. The maximum absolute atomic E-state index is 10.8. The Morgan fingerprint density at radius 1 is 1.14 bits per heavy atom. The first kappa shape index (κ1) is 15.8. The average Bonchev–Trinajstić information content (AvgIpc) is 2.51. The van der Waals surface area contributed by atoms with Gasteiger partial charge in [0.2, 0.25) is 0 Å². The average molecular weight is 300 g/mol. The Hall–Kier alpha value is -2.63. The van der Waals surface area contributed by atoms with Crippen molar-refractivity contribution in [3.8, 4) is 0 Å². The van der Waals surface area contributed by atoms with Crippen LogP contribution >= 0.6 is 0 Å². The molecule has 2 aromatic rings. The SMILES string of the molecule is CCCNc1ccc(CNc2ccc([N+](=O)[O-])c(C)n2)cc1. The topological polar surface area (TPSA) is 80.1 Å². The van der Waals surface area contributed by atoms with E-state index in [0.717, 1.165) is 24.2 Å². The molecule has 2 N–H and O–H groups in total. The summed E-state index contributed by atoms with van der Waals surface area (Å²) in [5.74, 6) is 0.635. The number of pyridine rings is 1. The number of nitrogens with zero attached hydrogens (tertiary/aromatic N) is 2. The van der Waals surface area contributed by atoms with Crippen molar-refractivity contribution < 1.29 is 4.92 Å². The highest BCUT2D eigenvalue weighted by molar-refractivity contribution is 5.47. The minimum absolute atomic E-state index is 0.0388. The van der Waals surface area contributed by atoms with Gasteiger partial charge in [0.15, 0.2) is 0 Å². The molecular weight excluding hydrogens is 280 g/mol. The Bertz CT molecular complexity index is 641. The van der Waals surface area contributed by atoms with Gasteiger partial charge in [-0.15, -0.1) is 0 Å². The fourth-order valence-electron chi connectivity index (χ4n) is 2.05. The van der Waals surface area contributed by atoms with E-state index in [2.05, 4.69) is 22.5 Å². The van der Waals surface area contributed by atoms with Crippen molar-refractivity contribution in [2.75, 3.05) is 17.2 Å². The molecule has 2 rings (SSSR count). The van der Waals surface area contributed by atoms with Gasteiger partial charge in [-0.05, 0) is 37.1 Å². The van der Waals surface area contributed by atoms with Gasteiger partial charge < -0.3 is 10.6 Å². The lowest BCUT2D eigenvalue weighted by atomic mass is 10.2. The number of benzene rings is 1. The predicted octanol–water partition coefficient (Wildman–Crippen LogP) is 3.73. The number of hydrogen-bond donors (Lipinski definition) is 2. The van der Waals surface area contributed by atoms with Gasteiger partial charge in [0.1, 0.15) is 11.5 Å². The first-order valence-corrected chi connectivity index (χ1v) is 7.29. The quantitative estimate of drug-likeness (QED) is 0.601. The van der Waals surface area contributed by atoms with Crippen molar-refractivity contribution in [2.24, 2.45) is 0 Å². The summed E-state index contributed by atoms with van der Waals surface area (Å²) in [6.07, 6.45) is 1.09. The van der Waals surface area contributed by atoms with Crippen molar-refractivity contribution in [1.82, 2.24) is 4.98 Å². The zero-order valence-electron chi connectivity index (χ0n) is 12.8. The van der Waals surface area contributed by atoms with E-state index in [-0.39, 0.29) is 5.69 Å². The molecule has 0 aliphatic carbocycles. The van der Waals surface area contributed by atoms with Gasteiger partial charge in [-0.25, -0.2) is 4.98 Å². The maximum Gasteiger partial charge on any atom is 0.290 e. The van der Waals surface area contributed by atoms with E-state index in [0.29, 0.717) is 18.1 Å². The van der Waals surface area contributed by atoms with Crippen LogP contribution in [0.2, 0.25) is 0 Å². The third-order valence-electron chi connectivity index (χ3n) is 3.26. The van der Waals surface area contributed by atoms with Crippen LogP contribution in [0.5, 0.6) is 0 Å². The van der Waals surface area contributed by atoms with Crippen molar-refractivity contribution in [3.63, 3.8) is 0 Å². The van der Waals surface area contributed by atoms with Crippen LogP contribution < -0.4 is 10.6 Å².